The lowest BCUT2D eigenvalue weighted by Gasteiger charge is -2.29. The number of carbonyl (C=O) groups excluding carboxylic acids is 1. The van der Waals surface area contributed by atoms with Crippen molar-refractivity contribution in [1.82, 2.24) is 0 Å². The third kappa shape index (κ3) is 0.973. The number of allylic oxidation sites excluding steroid dienone is 3. The van der Waals surface area contributed by atoms with E-state index in [2.05, 4.69) is 0 Å². The second kappa shape index (κ2) is 2.51. The summed E-state index contributed by atoms with van der Waals surface area (Å²) in [7, 11) is 0. The zero-order valence-corrected chi connectivity index (χ0v) is 7.82. The maximum absolute atomic E-state index is 11.6. The van der Waals surface area contributed by atoms with Gasteiger partial charge >= 0.3 is 0 Å². The monoisotopic (exact) mass is 200 g/mol. The predicted molar refractivity (Wildman–Crippen MR) is 55.3 cm³/mol. The standard InChI is InChI=1S/C12H8O3/c13-6-1-2-8-9(3-6)10-4-7(14)5-11(15)12(8)10/h1-3,5,13-14H,4H2. The molecule has 0 fully saturated rings. The number of rotatable bonds is 0. The Kier molecular flexibility index (Phi) is 1.39. The fraction of sp³-hybridized carbons (Fsp3) is 0.0833. The number of hydrogen-bond donors (Lipinski definition) is 2. The highest BCUT2D eigenvalue weighted by Gasteiger charge is 2.33. The van der Waals surface area contributed by atoms with Crippen LogP contribution in [0.1, 0.15) is 17.5 Å². The van der Waals surface area contributed by atoms with Gasteiger partial charge in [0.05, 0.1) is 0 Å². The van der Waals surface area contributed by atoms with Gasteiger partial charge in [0.2, 0.25) is 0 Å². The summed E-state index contributed by atoms with van der Waals surface area (Å²) in [4.78, 5) is 11.6. The molecule has 0 saturated carbocycles. The van der Waals surface area contributed by atoms with Crippen LogP contribution in [0.3, 0.4) is 0 Å². The molecule has 0 bridgehead atoms. The number of aromatic hydroxyl groups is 1. The van der Waals surface area contributed by atoms with Gasteiger partial charge < -0.3 is 10.2 Å². The van der Waals surface area contributed by atoms with Crippen LogP contribution in [-0.4, -0.2) is 16.0 Å². The molecule has 0 spiro atoms. The number of hydrogen-bond acceptors (Lipinski definition) is 3. The minimum absolute atomic E-state index is 0.0905. The Morgan fingerprint density at radius 3 is 2.73 bits per heavy atom. The van der Waals surface area contributed by atoms with Gasteiger partial charge in [-0.2, -0.15) is 0 Å². The van der Waals surface area contributed by atoms with Crippen molar-refractivity contribution in [3.05, 3.63) is 41.2 Å². The molecule has 3 rings (SSSR count). The van der Waals surface area contributed by atoms with Crippen molar-refractivity contribution < 1.29 is 15.0 Å². The second-order valence-electron chi connectivity index (χ2n) is 3.76. The Hall–Kier alpha value is -2.03. The Morgan fingerprint density at radius 1 is 1.13 bits per heavy atom. The summed E-state index contributed by atoms with van der Waals surface area (Å²) >= 11 is 0. The molecule has 74 valence electrons. The average Bonchev–Trinajstić information content (AvgIpc) is 2.16. The molecule has 3 nitrogen and oxygen atoms in total. The van der Waals surface area contributed by atoms with Crippen LogP contribution in [-0.2, 0) is 4.79 Å². The predicted octanol–water partition coefficient (Wildman–Crippen LogP) is 2.03. The van der Waals surface area contributed by atoms with Gasteiger partial charge in [0.15, 0.2) is 5.78 Å². The van der Waals surface area contributed by atoms with Crippen LogP contribution in [0.2, 0.25) is 0 Å². The van der Waals surface area contributed by atoms with Gasteiger partial charge in [0, 0.05) is 18.1 Å². The summed E-state index contributed by atoms with van der Waals surface area (Å²) in [6.45, 7) is 0. The van der Waals surface area contributed by atoms with E-state index in [1.807, 2.05) is 0 Å². The summed E-state index contributed by atoms with van der Waals surface area (Å²) in [6, 6.07) is 4.92. The van der Waals surface area contributed by atoms with Crippen LogP contribution >= 0.6 is 0 Å². The number of benzene rings is 1. The SMILES string of the molecule is O=C1C=C(O)CC2=C1c1ccc(O)cc12. The van der Waals surface area contributed by atoms with Crippen LogP contribution in [0.25, 0.3) is 11.1 Å². The topological polar surface area (TPSA) is 57.5 Å². The zero-order chi connectivity index (χ0) is 10.6. The van der Waals surface area contributed by atoms with E-state index in [-0.39, 0.29) is 17.3 Å². The maximum Gasteiger partial charge on any atom is 0.190 e. The molecule has 0 saturated heterocycles. The van der Waals surface area contributed by atoms with Crippen LogP contribution in [0.5, 0.6) is 5.75 Å². The van der Waals surface area contributed by atoms with Crippen LogP contribution in [0, 0.1) is 0 Å². The smallest absolute Gasteiger partial charge is 0.190 e. The first-order valence-electron chi connectivity index (χ1n) is 4.67. The van der Waals surface area contributed by atoms with E-state index in [1.54, 1.807) is 18.2 Å². The number of aliphatic hydroxyl groups is 1. The highest BCUT2D eigenvalue weighted by molar-refractivity contribution is 6.38. The first kappa shape index (κ1) is 8.29. The fourth-order valence-corrected chi connectivity index (χ4v) is 2.16. The first-order chi connectivity index (χ1) is 7.16. The molecule has 1 aromatic carbocycles. The lowest BCUT2D eigenvalue weighted by Crippen LogP contribution is -2.17. The van der Waals surface area contributed by atoms with E-state index in [0.29, 0.717) is 12.0 Å². The molecule has 0 unspecified atom stereocenters. The summed E-state index contributed by atoms with van der Waals surface area (Å²) in [5.74, 6) is 0.126. The minimum atomic E-state index is -0.146. The Morgan fingerprint density at radius 2 is 1.93 bits per heavy atom. The summed E-state index contributed by atoms with van der Waals surface area (Å²) in [6.07, 6.45) is 1.64. The summed E-state index contributed by atoms with van der Waals surface area (Å²) < 4.78 is 0. The Balaban J connectivity index is 2.14. The maximum atomic E-state index is 11.6. The highest BCUT2D eigenvalue weighted by atomic mass is 16.3. The van der Waals surface area contributed by atoms with Crippen molar-refractivity contribution in [2.75, 3.05) is 0 Å². The number of phenols is 1. The lowest BCUT2D eigenvalue weighted by atomic mass is 9.74. The summed E-state index contributed by atoms with van der Waals surface area (Å²) in [5.41, 5.74) is 3.27. The molecule has 1 aromatic rings. The van der Waals surface area contributed by atoms with Crippen molar-refractivity contribution in [3.8, 4) is 5.75 Å². The molecule has 15 heavy (non-hydrogen) atoms. The van der Waals surface area contributed by atoms with Gasteiger partial charge in [-0.3, -0.25) is 4.79 Å². The molecule has 2 aliphatic rings. The van der Waals surface area contributed by atoms with Crippen LogP contribution in [0.15, 0.2) is 30.0 Å². The largest absolute Gasteiger partial charge is 0.512 e. The Labute approximate surface area is 86.0 Å². The van der Waals surface area contributed by atoms with E-state index < -0.39 is 0 Å². The van der Waals surface area contributed by atoms with Gasteiger partial charge in [-0.25, -0.2) is 0 Å². The van der Waals surface area contributed by atoms with E-state index in [4.69, 9.17) is 0 Å². The van der Waals surface area contributed by atoms with Gasteiger partial charge in [-0.15, -0.1) is 0 Å². The summed E-state index contributed by atoms with van der Waals surface area (Å²) in [5, 5.41) is 18.6. The number of phenolic OH excluding ortho intramolecular Hbond substituents is 1. The lowest BCUT2D eigenvalue weighted by molar-refractivity contribution is -0.109. The van der Waals surface area contributed by atoms with E-state index in [9.17, 15) is 15.0 Å². The Bertz CT molecular complexity index is 550. The third-order valence-corrected chi connectivity index (χ3v) is 2.80. The number of aliphatic hydroxyl groups excluding tert-OH is 1. The molecular weight excluding hydrogens is 192 g/mol. The molecule has 0 aromatic heterocycles. The number of ketones is 1. The van der Waals surface area contributed by atoms with Crippen LogP contribution in [0.4, 0.5) is 0 Å². The molecule has 0 radical (unpaired) electrons. The third-order valence-electron chi connectivity index (χ3n) is 2.80. The average molecular weight is 200 g/mol. The quantitative estimate of drug-likeness (QED) is 0.673. The van der Waals surface area contributed by atoms with Gasteiger partial charge in [0.25, 0.3) is 0 Å². The molecular formula is C12H8O3. The van der Waals surface area contributed by atoms with E-state index >= 15 is 0 Å². The molecule has 0 amide bonds. The first-order valence-corrected chi connectivity index (χ1v) is 4.67. The molecule has 2 aliphatic carbocycles. The normalized spacial score (nSPS) is 17.9. The van der Waals surface area contributed by atoms with Crippen molar-refractivity contribution in [2.45, 2.75) is 6.42 Å². The number of fused-ring (bicyclic) bond motifs is 3. The molecule has 2 N–H and O–H groups in total. The van der Waals surface area contributed by atoms with Crippen molar-refractivity contribution >= 4 is 16.9 Å². The van der Waals surface area contributed by atoms with Gasteiger partial charge in [-0.05, 0) is 34.9 Å². The number of carbonyl (C=O) groups is 1. The van der Waals surface area contributed by atoms with Crippen molar-refractivity contribution in [2.24, 2.45) is 0 Å². The minimum Gasteiger partial charge on any atom is -0.512 e. The second-order valence-corrected chi connectivity index (χ2v) is 3.76. The van der Waals surface area contributed by atoms with Gasteiger partial charge in [-0.1, -0.05) is 0 Å². The van der Waals surface area contributed by atoms with Crippen LogP contribution < -0.4 is 0 Å². The molecule has 0 aliphatic heterocycles. The fourth-order valence-electron chi connectivity index (χ4n) is 2.16. The highest BCUT2D eigenvalue weighted by Crippen LogP contribution is 2.47. The van der Waals surface area contributed by atoms with E-state index in [0.717, 1.165) is 16.7 Å². The van der Waals surface area contributed by atoms with Crippen molar-refractivity contribution in [1.29, 1.82) is 0 Å². The van der Waals surface area contributed by atoms with Crippen molar-refractivity contribution in [3.63, 3.8) is 0 Å². The van der Waals surface area contributed by atoms with Gasteiger partial charge in [0.1, 0.15) is 11.5 Å². The molecule has 0 atom stereocenters. The molecule has 3 heteroatoms. The molecule has 0 heterocycles. The van der Waals surface area contributed by atoms with E-state index in [1.165, 1.54) is 6.08 Å². The zero-order valence-electron chi connectivity index (χ0n) is 7.82.